The van der Waals surface area contributed by atoms with Crippen LogP contribution in [0.5, 0.6) is 0 Å². The molecule has 2 aromatic rings. The van der Waals surface area contributed by atoms with Crippen LogP contribution < -0.4 is 16.6 Å². The summed E-state index contributed by atoms with van der Waals surface area (Å²) in [5.41, 5.74) is 6.12. The molecular weight excluding hydrogens is 240 g/mol. The molecule has 19 heavy (non-hydrogen) atoms. The maximum Gasteiger partial charge on any atom is 0.257 e. The van der Waals surface area contributed by atoms with Crippen LogP contribution in [-0.4, -0.2) is 10.9 Å². The van der Waals surface area contributed by atoms with E-state index in [4.69, 9.17) is 5.84 Å². The molecule has 4 N–H and O–H groups in total. The molecule has 0 atom stereocenters. The fourth-order valence-corrected chi connectivity index (χ4v) is 1.78. The molecule has 0 fully saturated rings. The monoisotopic (exact) mass is 256 g/mol. The number of nitrogens with two attached hydrogens (primary N) is 1. The quantitative estimate of drug-likeness (QED) is 0.581. The Labute approximate surface area is 111 Å². The van der Waals surface area contributed by atoms with Crippen LogP contribution in [0.1, 0.15) is 21.6 Å². The van der Waals surface area contributed by atoms with E-state index in [0.717, 1.165) is 11.3 Å². The first-order valence-corrected chi connectivity index (χ1v) is 5.92. The van der Waals surface area contributed by atoms with Gasteiger partial charge in [-0.25, -0.2) is 0 Å². The number of nitrogens with zero attached hydrogens (tertiary/aromatic N) is 1. The average molecular weight is 256 g/mol. The summed E-state index contributed by atoms with van der Waals surface area (Å²) in [5, 5.41) is 2.82. The molecule has 0 radical (unpaired) electrons. The highest BCUT2D eigenvalue weighted by molar-refractivity contribution is 6.08. The number of hydrazine groups is 1. The molecule has 0 aliphatic heterocycles. The lowest BCUT2D eigenvalue weighted by Gasteiger charge is -2.11. The number of carbonyl (C=O) groups excluding carboxylic acids is 1. The highest BCUT2D eigenvalue weighted by Crippen LogP contribution is 2.19. The third-order valence-corrected chi connectivity index (χ3v) is 2.83. The lowest BCUT2D eigenvalue weighted by Crippen LogP contribution is -2.18. The standard InChI is InChI=1S/C14H16N4O/c1-9-5-6-11(13(8-9)18-15)14(19)17-12-4-3-7-16-10(12)2/h3-8,18H,15H2,1-2H3,(H,17,19). The molecule has 0 bridgehead atoms. The topological polar surface area (TPSA) is 80.0 Å². The van der Waals surface area contributed by atoms with Gasteiger partial charge in [-0.3, -0.25) is 15.6 Å². The second-order valence-corrected chi connectivity index (χ2v) is 4.28. The molecule has 1 aromatic heterocycles. The molecule has 0 unspecified atom stereocenters. The SMILES string of the molecule is Cc1ccc(C(=O)Nc2cccnc2C)c(NN)c1. The van der Waals surface area contributed by atoms with Crippen LogP contribution in [0.2, 0.25) is 0 Å². The van der Waals surface area contributed by atoms with E-state index < -0.39 is 0 Å². The van der Waals surface area contributed by atoms with Crippen molar-refractivity contribution in [1.29, 1.82) is 0 Å². The van der Waals surface area contributed by atoms with E-state index >= 15 is 0 Å². The maximum atomic E-state index is 12.2. The Balaban J connectivity index is 2.28. The fraction of sp³-hybridized carbons (Fsp3) is 0.143. The first-order valence-electron chi connectivity index (χ1n) is 5.92. The Hall–Kier alpha value is -2.40. The average Bonchev–Trinajstić information content (AvgIpc) is 2.41. The third-order valence-electron chi connectivity index (χ3n) is 2.83. The van der Waals surface area contributed by atoms with E-state index in [1.54, 1.807) is 18.3 Å². The molecule has 98 valence electrons. The molecule has 0 aliphatic carbocycles. The lowest BCUT2D eigenvalue weighted by atomic mass is 10.1. The number of anilines is 2. The van der Waals surface area contributed by atoms with Crippen molar-refractivity contribution in [2.24, 2.45) is 5.84 Å². The van der Waals surface area contributed by atoms with Crippen LogP contribution in [0, 0.1) is 13.8 Å². The van der Waals surface area contributed by atoms with Gasteiger partial charge in [-0.05, 0) is 43.7 Å². The third kappa shape index (κ3) is 2.89. The van der Waals surface area contributed by atoms with Gasteiger partial charge in [-0.2, -0.15) is 0 Å². The molecule has 1 aromatic carbocycles. The van der Waals surface area contributed by atoms with Crippen molar-refractivity contribution < 1.29 is 4.79 Å². The first kappa shape index (κ1) is 13.0. The van der Waals surface area contributed by atoms with Gasteiger partial charge in [0.1, 0.15) is 0 Å². The summed E-state index contributed by atoms with van der Waals surface area (Å²) in [6.45, 7) is 3.78. The van der Waals surface area contributed by atoms with Crippen LogP contribution in [0.3, 0.4) is 0 Å². The van der Waals surface area contributed by atoms with E-state index in [9.17, 15) is 4.79 Å². The van der Waals surface area contributed by atoms with Crippen LogP contribution in [0.4, 0.5) is 11.4 Å². The number of hydrogen-bond acceptors (Lipinski definition) is 4. The summed E-state index contributed by atoms with van der Waals surface area (Å²) in [7, 11) is 0. The zero-order valence-corrected chi connectivity index (χ0v) is 10.9. The number of amides is 1. The molecule has 0 saturated carbocycles. The highest BCUT2D eigenvalue weighted by atomic mass is 16.1. The minimum Gasteiger partial charge on any atom is -0.323 e. The van der Waals surface area contributed by atoms with Crippen molar-refractivity contribution in [1.82, 2.24) is 4.98 Å². The van der Waals surface area contributed by atoms with E-state index in [1.165, 1.54) is 0 Å². The van der Waals surface area contributed by atoms with Crippen molar-refractivity contribution in [2.45, 2.75) is 13.8 Å². The number of nitrogens with one attached hydrogen (secondary N) is 2. The minimum absolute atomic E-state index is 0.218. The Morgan fingerprint density at radius 2 is 2.00 bits per heavy atom. The Bertz CT molecular complexity index is 610. The van der Waals surface area contributed by atoms with Crippen molar-refractivity contribution in [3.63, 3.8) is 0 Å². The van der Waals surface area contributed by atoms with Gasteiger partial charge >= 0.3 is 0 Å². The van der Waals surface area contributed by atoms with Gasteiger partial charge in [0.15, 0.2) is 0 Å². The lowest BCUT2D eigenvalue weighted by molar-refractivity contribution is 0.102. The number of carbonyl (C=O) groups is 1. The molecule has 0 spiro atoms. The van der Waals surface area contributed by atoms with Crippen LogP contribution in [0.15, 0.2) is 36.5 Å². The molecule has 1 heterocycles. The maximum absolute atomic E-state index is 12.2. The van der Waals surface area contributed by atoms with Gasteiger partial charge in [0.2, 0.25) is 0 Å². The summed E-state index contributed by atoms with van der Waals surface area (Å²) in [4.78, 5) is 16.4. The van der Waals surface area contributed by atoms with Crippen molar-refractivity contribution >= 4 is 17.3 Å². The second-order valence-electron chi connectivity index (χ2n) is 4.28. The molecule has 2 rings (SSSR count). The van der Waals surface area contributed by atoms with Gasteiger partial charge in [0, 0.05) is 6.20 Å². The van der Waals surface area contributed by atoms with Crippen molar-refractivity contribution in [2.75, 3.05) is 10.7 Å². The first-order chi connectivity index (χ1) is 9.11. The Morgan fingerprint density at radius 1 is 1.21 bits per heavy atom. The Morgan fingerprint density at radius 3 is 2.68 bits per heavy atom. The number of nitrogen functional groups attached to an aromatic ring is 1. The normalized spacial score (nSPS) is 10.1. The molecule has 0 saturated heterocycles. The van der Waals surface area contributed by atoms with Gasteiger partial charge < -0.3 is 10.7 Å². The molecule has 5 nitrogen and oxygen atoms in total. The van der Waals surface area contributed by atoms with Crippen LogP contribution >= 0.6 is 0 Å². The number of aryl methyl sites for hydroxylation is 2. The smallest absolute Gasteiger partial charge is 0.257 e. The summed E-state index contributed by atoms with van der Waals surface area (Å²) in [6.07, 6.45) is 1.68. The van der Waals surface area contributed by atoms with E-state index in [2.05, 4.69) is 15.7 Å². The zero-order chi connectivity index (χ0) is 13.8. The van der Waals surface area contributed by atoms with Crippen LogP contribution in [0.25, 0.3) is 0 Å². The summed E-state index contributed by atoms with van der Waals surface area (Å²) >= 11 is 0. The van der Waals surface area contributed by atoms with E-state index in [1.807, 2.05) is 32.0 Å². The van der Waals surface area contributed by atoms with Crippen molar-refractivity contribution in [3.8, 4) is 0 Å². The second kappa shape index (κ2) is 5.49. The zero-order valence-electron chi connectivity index (χ0n) is 10.9. The van der Waals surface area contributed by atoms with Crippen molar-refractivity contribution in [3.05, 3.63) is 53.3 Å². The van der Waals surface area contributed by atoms with E-state index in [0.29, 0.717) is 16.9 Å². The van der Waals surface area contributed by atoms with Crippen LogP contribution in [-0.2, 0) is 0 Å². The number of benzene rings is 1. The van der Waals surface area contributed by atoms with Gasteiger partial charge in [0.05, 0.1) is 22.6 Å². The predicted octanol–water partition coefficient (Wildman–Crippen LogP) is 2.24. The number of hydrogen-bond donors (Lipinski definition) is 3. The highest BCUT2D eigenvalue weighted by Gasteiger charge is 2.12. The predicted molar refractivity (Wildman–Crippen MR) is 75.9 cm³/mol. The summed E-state index contributed by atoms with van der Waals surface area (Å²) in [6, 6.07) is 9.02. The molecule has 0 aliphatic rings. The molecular formula is C14H16N4O. The fourth-order valence-electron chi connectivity index (χ4n) is 1.78. The largest absolute Gasteiger partial charge is 0.323 e. The Kier molecular flexibility index (Phi) is 3.77. The minimum atomic E-state index is -0.218. The summed E-state index contributed by atoms with van der Waals surface area (Å²) in [5.74, 6) is 5.22. The van der Waals surface area contributed by atoms with Gasteiger partial charge in [-0.15, -0.1) is 0 Å². The number of rotatable bonds is 3. The molecule has 5 heteroatoms. The molecule has 1 amide bonds. The van der Waals surface area contributed by atoms with E-state index in [-0.39, 0.29) is 5.91 Å². The van der Waals surface area contributed by atoms with Gasteiger partial charge in [0.25, 0.3) is 5.91 Å². The van der Waals surface area contributed by atoms with Gasteiger partial charge in [-0.1, -0.05) is 6.07 Å². The number of pyridine rings is 1. The summed E-state index contributed by atoms with van der Waals surface area (Å²) < 4.78 is 0. The number of aromatic nitrogens is 1.